The number of fused-ring (bicyclic) bond motifs is 3. The third-order valence-electron chi connectivity index (χ3n) is 5.99. The highest BCUT2D eigenvalue weighted by Gasteiger charge is 2.18. The predicted molar refractivity (Wildman–Crippen MR) is 137 cm³/mol. The minimum atomic E-state index is -0.492. The summed E-state index contributed by atoms with van der Waals surface area (Å²) in [5, 5.41) is 2.78. The number of nitrogens with zero attached hydrogens (tertiary/aromatic N) is 1. The van der Waals surface area contributed by atoms with Crippen LogP contribution in [0.25, 0.3) is 32.9 Å². The van der Waals surface area contributed by atoms with Gasteiger partial charge in [0.1, 0.15) is 0 Å². The molecule has 5 rings (SSSR count). The fraction of sp³-hybridized carbons (Fsp3) is 0.0370. The van der Waals surface area contributed by atoms with Gasteiger partial charge in [-0.15, -0.1) is 0 Å². The van der Waals surface area contributed by atoms with Crippen LogP contribution in [0.4, 0.5) is 0 Å². The van der Waals surface area contributed by atoms with Crippen molar-refractivity contribution in [3.8, 4) is 11.1 Å². The highest BCUT2D eigenvalue weighted by atomic mass is 35.5. The molecule has 5 nitrogen and oxygen atoms in total. The molecular weight excluding hydrogens is 469 g/mol. The fourth-order valence-corrected chi connectivity index (χ4v) is 5.02. The van der Waals surface area contributed by atoms with E-state index in [1.165, 1.54) is 0 Å². The van der Waals surface area contributed by atoms with Crippen LogP contribution in [0.2, 0.25) is 10.0 Å². The van der Waals surface area contributed by atoms with Crippen molar-refractivity contribution in [1.29, 1.82) is 0 Å². The van der Waals surface area contributed by atoms with Crippen molar-refractivity contribution in [3.05, 3.63) is 106 Å². The largest absolute Gasteiger partial charge is 0.366 e. The van der Waals surface area contributed by atoms with Gasteiger partial charge in [0.2, 0.25) is 11.8 Å². The lowest BCUT2D eigenvalue weighted by atomic mass is 10.0. The second-order valence-electron chi connectivity index (χ2n) is 8.04. The van der Waals surface area contributed by atoms with Gasteiger partial charge in [-0.3, -0.25) is 9.59 Å². The van der Waals surface area contributed by atoms with Crippen LogP contribution >= 0.6 is 23.2 Å². The Morgan fingerprint density at radius 3 is 2.09 bits per heavy atom. The summed E-state index contributed by atoms with van der Waals surface area (Å²) < 4.78 is 2.12. The average Bonchev–Trinajstić information content (AvgIpc) is 3.12. The van der Waals surface area contributed by atoms with Crippen LogP contribution in [-0.2, 0) is 6.54 Å². The molecule has 0 spiro atoms. The van der Waals surface area contributed by atoms with E-state index in [-0.39, 0.29) is 0 Å². The molecule has 0 atom stereocenters. The lowest BCUT2D eigenvalue weighted by Gasteiger charge is -2.11. The minimum Gasteiger partial charge on any atom is -0.366 e. The Balaban J connectivity index is 1.78. The maximum Gasteiger partial charge on any atom is 0.249 e. The number of nitrogens with two attached hydrogens (primary N) is 2. The Morgan fingerprint density at radius 1 is 0.765 bits per heavy atom. The smallest absolute Gasteiger partial charge is 0.249 e. The van der Waals surface area contributed by atoms with Gasteiger partial charge in [-0.2, -0.15) is 0 Å². The van der Waals surface area contributed by atoms with Gasteiger partial charge in [0.05, 0.1) is 11.0 Å². The topological polar surface area (TPSA) is 91.1 Å². The van der Waals surface area contributed by atoms with Crippen LogP contribution in [0.15, 0.2) is 78.9 Å². The number of aromatic nitrogens is 1. The highest BCUT2D eigenvalue weighted by molar-refractivity contribution is 6.39. The Morgan fingerprint density at radius 2 is 1.44 bits per heavy atom. The molecule has 0 unspecified atom stereocenters. The molecule has 7 heteroatoms. The lowest BCUT2D eigenvalue weighted by Crippen LogP contribution is -2.11. The summed E-state index contributed by atoms with van der Waals surface area (Å²) in [6, 6.07) is 24.0. The van der Waals surface area contributed by atoms with Gasteiger partial charge in [-0.05, 0) is 53.6 Å². The Labute approximate surface area is 205 Å². The van der Waals surface area contributed by atoms with Gasteiger partial charge >= 0.3 is 0 Å². The Kier molecular flexibility index (Phi) is 5.52. The van der Waals surface area contributed by atoms with Gasteiger partial charge in [0, 0.05) is 44.1 Å². The van der Waals surface area contributed by atoms with Crippen LogP contribution in [0.5, 0.6) is 0 Å². The molecular formula is C27H19Cl2N3O2. The molecule has 168 valence electrons. The van der Waals surface area contributed by atoms with Crippen LogP contribution in [0.3, 0.4) is 0 Å². The first kappa shape index (κ1) is 22.0. The molecule has 1 aromatic heterocycles. The number of hydrogen-bond donors (Lipinski definition) is 2. The molecule has 34 heavy (non-hydrogen) atoms. The number of hydrogen-bond acceptors (Lipinski definition) is 2. The quantitative estimate of drug-likeness (QED) is 0.317. The molecule has 4 aromatic carbocycles. The van der Waals surface area contributed by atoms with Crippen LogP contribution in [0, 0.1) is 0 Å². The summed E-state index contributed by atoms with van der Waals surface area (Å²) >= 11 is 13.0. The number of carbonyl (C=O) groups is 2. The molecule has 0 bridgehead atoms. The molecule has 0 aliphatic rings. The van der Waals surface area contributed by atoms with Crippen molar-refractivity contribution in [3.63, 3.8) is 0 Å². The number of amides is 2. The van der Waals surface area contributed by atoms with E-state index in [4.69, 9.17) is 34.7 Å². The second kappa shape index (κ2) is 8.52. The van der Waals surface area contributed by atoms with Gasteiger partial charge in [0.15, 0.2) is 0 Å². The van der Waals surface area contributed by atoms with E-state index in [1.54, 1.807) is 36.4 Å². The predicted octanol–water partition coefficient (Wildman–Crippen LogP) is 6.01. The molecule has 4 N–H and O–H groups in total. The van der Waals surface area contributed by atoms with Crippen LogP contribution < -0.4 is 11.5 Å². The summed E-state index contributed by atoms with van der Waals surface area (Å²) in [5.74, 6) is -0.968. The second-order valence-corrected chi connectivity index (χ2v) is 8.85. The lowest BCUT2D eigenvalue weighted by molar-refractivity contribution is 0.0992. The zero-order chi connectivity index (χ0) is 24.0. The summed E-state index contributed by atoms with van der Waals surface area (Å²) in [4.78, 5) is 23.7. The van der Waals surface area contributed by atoms with Crippen LogP contribution in [0.1, 0.15) is 26.3 Å². The van der Waals surface area contributed by atoms with E-state index in [9.17, 15) is 9.59 Å². The summed E-state index contributed by atoms with van der Waals surface area (Å²) in [5.41, 5.74) is 16.3. The third-order valence-corrected chi connectivity index (χ3v) is 6.62. The highest BCUT2D eigenvalue weighted by Crippen LogP contribution is 2.39. The number of benzene rings is 4. The number of halogens is 2. The molecule has 1 heterocycles. The molecule has 0 saturated heterocycles. The van der Waals surface area contributed by atoms with E-state index in [0.717, 1.165) is 38.5 Å². The first-order valence-corrected chi connectivity index (χ1v) is 11.3. The summed E-state index contributed by atoms with van der Waals surface area (Å²) in [6.45, 7) is 0.501. The molecule has 0 aliphatic carbocycles. The third kappa shape index (κ3) is 3.69. The van der Waals surface area contributed by atoms with E-state index in [2.05, 4.69) is 4.57 Å². The first-order chi connectivity index (χ1) is 16.3. The van der Waals surface area contributed by atoms with Gasteiger partial charge in [-0.1, -0.05) is 59.6 Å². The molecule has 0 fully saturated rings. The zero-order valence-electron chi connectivity index (χ0n) is 17.9. The zero-order valence-corrected chi connectivity index (χ0v) is 19.4. The minimum absolute atomic E-state index is 0.442. The van der Waals surface area contributed by atoms with Gasteiger partial charge in [0.25, 0.3) is 0 Å². The molecule has 5 aromatic rings. The maximum atomic E-state index is 12.2. The Hall–Kier alpha value is -3.80. The van der Waals surface area contributed by atoms with Crippen molar-refractivity contribution < 1.29 is 9.59 Å². The first-order valence-electron chi connectivity index (χ1n) is 10.5. The van der Waals surface area contributed by atoms with E-state index in [1.807, 2.05) is 42.5 Å². The molecule has 0 saturated carbocycles. The van der Waals surface area contributed by atoms with Gasteiger partial charge in [-0.25, -0.2) is 0 Å². The normalized spacial score (nSPS) is 11.2. The molecule has 0 aliphatic heterocycles. The summed E-state index contributed by atoms with van der Waals surface area (Å²) in [6.07, 6.45) is 0. The molecule has 0 radical (unpaired) electrons. The standard InChI is InChI=1S/C27H19Cl2N3O2/c28-20-4-2-5-21(29)24(20)17-11-12-18-23(13-17)32(14-15-7-9-16(10-8-15)26(30)33)22-6-1-3-19(25(18)22)27(31)34/h1-13H,14H2,(H2,30,33)(H2,31,34). The monoisotopic (exact) mass is 487 g/mol. The van der Waals surface area contributed by atoms with E-state index < -0.39 is 11.8 Å². The number of carbonyl (C=O) groups excluding carboxylic acids is 2. The van der Waals surface area contributed by atoms with Crippen molar-refractivity contribution in [2.45, 2.75) is 6.54 Å². The van der Waals surface area contributed by atoms with Gasteiger partial charge < -0.3 is 16.0 Å². The maximum absolute atomic E-state index is 12.2. The fourth-order valence-electron chi connectivity index (χ4n) is 4.41. The van der Waals surface area contributed by atoms with E-state index in [0.29, 0.717) is 27.7 Å². The Bertz CT molecular complexity index is 1580. The molecule has 2 amide bonds. The summed E-state index contributed by atoms with van der Waals surface area (Å²) in [7, 11) is 0. The van der Waals surface area contributed by atoms with E-state index >= 15 is 0 Å². The SMILES string of the molecule is NC(=O)c1ccc(Cn2c3cc(-c4c(Cl)cccc4Cl)ccc3c3c(C(N)=O)cccc32)cc1. The van der Waals surface area contributed by atoms with Crippen molar-refractivity contribution >= 4 is 56.8 Å². The van der Waals surface area contributed by atoms with Crippen molar-refractivity contribution in [1.82, 2.24) is 4.57 Å². The van der Waals surface area contributed by atoms with Crippen LogP contribution in [-0.4, -0.2) is 16.4 Å². The number of rotatable bonds is 5. The average molecular weight is 488 g/mol. The van der Waals surface area contributed by atoms with Crippen molar-refractivity contribution in [2.75, 3.05) is 0 Å². The number of primary amides is 2. The van der Waals surface area contributed by atoms with Crippen molar-refractivity contribution in [2.24, 2.45) is 11.5 Å².